The molecule has 0 aliphatic rings. The van der Waals surface area contributed by atoms with Crippen molar-refractivity contribution in [2.45, 2.75) is 19.3 Å². The number of para-hydroxylation sites is 1. The van der Waals surface area contributed by atoms with E-state index in [1.165, 1.54) is 0 Å². The molecule has 5 nitrogen and oxygen atoms in total. The van der Waals surface area contributed by atoms with Crippen LogP contribution in [0.4, 0.5) is 5.69 Å². The molecule has 0 radical (unpaired) electrons. The van der Waals surface area contributed by atoms with Crippen LogP contribution in [0.2, 0.25) is 0 Å². The first-order valence-corrected chi connectivity index (χ1v) is 9.80. The van der Waals surface area contributed by atoms with Gasteiger partial charge in [-0.3, -0.25) is 14.4 Å². The zero-order valence-corrected chi connectivity index (χ0v) is 16.7. The first-order chi connectivity index (χ1) is 14.6. The van der Waals surface area contributed by atoms with E-state index in [-0.39, 0.29) is 5.78 Å². The van der Waals surface area contributed by atoms with E-state index in [0.717, 1.165) is 5.56 Å². The molecule has 1 amide bonds. The van der Waals surface area contributed by atoms with E-state index in [2.05, 4.69) is 5.32 Å². The van der Waals surface area contributed by atoms with E-state index < -0.39 is 24.4 Å². The molecule has 0 fully saturated rings. The van der Waals surface area contributed by atoms with Crippen molar-refractivity contribution >= 4 is 23.3 Å². The lowest BCUT2D eigenvalue weighted by Crippen LogP contribution is -2.24. The minimum Gasteiger partial charge on any atom is -0.455 e. The molecule has 0 aromatic heterocycles. The first-order valence-electron chi connectivity index (χ1n) is 9.80. The van der Waals surface area contributed by atoms with Crippen molar-refractivity contribution in [2.24, 2.45) is 0 Å². The molecule has 1 atom stereocenters. The quantitative estimate of drug-likeness (QED) is 0.442. The fraction of sp³-hybridized carbons (Fsp3) is 0.160. The van der Waals surface area contributed by atoms with Crippen molar-refractivity contribution in [1.82, 2.24) is 0 Å². The van der Waals surface area contributed by atoms with Crippen LogP contribution in [0.5, 0.6) is 0 Å². The molecule has 0 saturated heterocycles. The number of ether oxygens (including phenoxy) is 1. The van der Waals surface area contributed by atoms with Crippen LogP contribution in [-0.2, 0) is 14.3 Å². The number of hydrogen-bond acceptors (Lipinski definition) is 4. The minimum absolute atomic E-state index is 0.196. The zero-order valence-electron chi connectivity index (χ0n) is 16.7. The van der Waals surface area contributed by atoms with Crippen molar-refractivity contribution in [3.63, 3.8) is 0 Å². The highest BCUT2D eigenvalue weighted by atomic mass is 16.5. The highest BCUT2D eigenvalue weighted by Gasteiger charge is 2.21. The smallest absolute Gasteiger partial charge is 0.313 e. The van der Waals surface area contributed by atoms with E-state index in [1.807, 2.05) is 43.3 Å². The van der Waals surface area contributed by atoms with Crippen molar-refractivity contribution in [3.05, 3.63) is 102 Å². The normalized spacial score (nSPS) is 11.4. The number of amides is 1. The van der Waals surface area contributed by atoms with Gasteiger partial charge in [-0.25, -0.2) is 0 Å². The van der Waals surface area contributed by atoms with Gasteiger partial charge in [-0.05, 0) is 24.1 Å². The van der Waals surface area contributed by atoms with Gasteiger partial charge in [-0.15, -0.1) is 0 Å². The number of nitrogens with one attached hydrogen (secondary N) is 1. The molecule has 5 heteroatoms. The molecular formula is C25H23NO4. The Morgan fingerprint density at radius 2 is 1.43 bits per heavy atom. The second-order valence-corrected chi connectivity index (χ2v) is 6.77. The lowest BCUT2D eigenvalue weighted by atomic mass is 9.97. The summed E-state index contributed by atoms with van der Waals surface area (Å²) in [5.74, 6) is -1.57. The Kier molecular flexibility index (Phi) is 7.11. The summed E-state index contributed by atoms with van der Waals surface area (Å²) in [4.78, 5) is 37.6. The van der Waals surface area contributed by atoms with E-state index >= 15 is 0 Å². The number of carbonyl (C=O) groups is 3. The fourth-order valence-electron chi connectivity index (χ4n) is 3.18. The summed E-state index contributed by atoms with van der Waals surface area (Å²) >= 11 is 0. The molecule has 3 rings (SSSR count). The lowest BCUT2D eigenvalue weighted by molar-refractivity contribution is -0.149. The summed E-state index contributed by atoms with van der Waals surface area (Å²) in [7, 11) is 0. The second-order valence-electron chi connectivity index (χ2n) is 6.77. The van der Waals surface area contributed by atoms with Crippen molar-refractivity contribution < 1.29 is 19.1 Å². The molecule has 3 aromatic carbocycles. The third-order valence-electron chi connectivity index (χ3n) is 4.72. The Labute approximate surface area is 175 Å². The Morgan fingerprint density at radius 1 is 0.833 bits per heavy atom. The van der Waals surface area contributed by atoms with E-state index in [0.29, 0.717) is 23.2 Å². The maximum Gasteiger partial charge on any atom is 0.313 e. The van der Waals surface area contributed by atoms with Crippen LogP contribution in [0.15, 0.2) is 84.9 Å². The van der Waals surface area contributed by atoms with Gasteiger partial charge in [0.2, 0.25) is 0 Å². The number of anilines is 1. The molecule has 0 unspecified atom stereocenters. The van der Waals surface area contributed by atoms with Crippen LogP contribution >= 0.6 is 0 Å². The fourth-order valence-corrected chi connectivity index (χ4v) is 3.18. The average Bonchev–Trinajstić information content (AvgIpc) is 2.79. The van der Waals surface area contributed by atoms with Gasteiger partial charge in [0, 0.05) is 11.1 Å². The Bertz CT molecular complexity index is 1020. The van der Waals surface area contributed by atoms with Gasteiger partial charge in [0.1, 0.15) is 0 Å². The number of esters is 1. The number of hydrogen-bond donors (Lipinski definition) is 1. The van der Waals surface area contributed by atoms with Gasteiger partial charge in [0.25, 0.3) is 5.91 Å². The Hall–Kier alpha value is -3.73. The zero-order chi connectivity index (χ0) is 21.3. The van der Waals surface area contributed by atoms with Crippen molar-refractivity contribution in [3.8, 4) is 0 Å². The lowest BCUT2D eigenvalue weighted by Gasteiger charge is -2.15. The third-order valence-corrected chi connectivity index (χ3v) is 4.72. The number of carbonyl (C=O) groups excluding carboxylic acids is 3. The summed E-state index contributed by atoms with van der Waals surface area (Å²) in [6.07, 6.45) is 0.568. The summed E-state index contributed by atoms with van der Waals surface area (Å²) in [6.45, 7) is 1.47. The molecule has 1 N–H and O–H groups in total. The van der Waals surface area contributed by atoms with Gasteiger partial charge < -0.3 is 10.1 Å². The summed E-state index contributed by atoms with van der Waals surface area (Å²) in [5, 5.41) is 2.68. The van der Waals surface area contributed by atoms with Crippen LogP contribution in [0, 0.1) is 0 Å². The van der Waals surface area contributed by atoms with E-state index in [1.54, 1.807) is 48.5 Å². The van der Waals surface area contributed by atoms with Crippen LogP contribution in [-0.4, -0.2) is 24.3 Å². The summed E-state index contributed by atoms with van der Waals surface area (Å²) < 4.78 is 5.23. The highest BCUT2D eigenvalue weighted by molar-refractivity contribution is 6.13. The molecule has 0 spiro atoms. The standard InChI is InChI=1S/C25H23NO4/c1-2-20(18-11-5-3-6-12-18)25(29)30-17-23(27)26-22-16-10-9-15-21(22)24(28)19-13-7-4-8-14-19/h3-16,20H,2,17H2,1H3,(H,26,27)/t20-/m1/s1. The van der Waals surface area contributed by atoms with Gasteiger partial charge in [0.05, 0.1) is 11.6 Å². The SMILES string of the molecule is CC[C@@H](C(=O)OCC(=O)Nc1ccccc1C(=O)c1ccccc1)c1ccccc1. The molecule has 0 bridgehead atoms. The maximum absolute atomic E-state index is 12.8. The minimum atomic E-state index is -0.500. The monoisotopic (exact) mass is 401 g/mol. The molecule has 0 heterocycles. The predicted molar refractivity (Wildman–Crippen MR) is 115 cm³/mol. The second kappa shape index (κ2) is 10.2. The maximum atomic E-state index is 12.8. The number of benzene rings is 3. The third kappa shape index (κ3) is 5.20. The van der Waals surface area contributed by atoms with E-state index in [4.69, 9.17) is 4.74 Å². The molecule has 0 aliphatic carbocycles. The molecule has 3 aromatic rings. The van der Waals surface area contributed by atoms with Crippen molar-refractivity contribution in [1.29, 1.82) is 0 Å². The Balaban J connectivity index is 1.64. The average molecular weight is 401 g/mol. The summed E-state index contributed by atoms with van der Waals surface area (Å²) in [6, 6.07) is 24.9. The molecule has 0 aliphatic heterocycles. The van der Waals surface area contributed by atoms with Gasteiger partial charge in [-0.1, -0.05) is 79.7 Å². The molecule has 152 valence electrons. The Morgan fingerprint density at radius 3 is 2.10 bits per heavy atom. The van der Waals surface area contributed by atoms with Crippen LogP contribution in [0.25, 0.3) is 0 Å². The molecule has 0 saturated carbocycles. The first kappa shape index (κ1) is 21.0. The number of rotatable bonds is 8. The molecule has 30 heavy (non-hydrogen) atoms. The van der Waals surface area contributed by atoms with Gasteiger partial charge in [0.15, 0.2) is 12.4 Å². The number of ketones is 1. The highest BCUT2D eigenvalue weighted by Crippen LogP contribution is 2.21. The summed E-state index contributed by atoms with van der Waals surface area (Å²) in [5.41, 5.74) is 2.13. The van der Waals surface area contributed by atoms with Crippen LogP contribution in [0.3, 0.4) is 0 Å². The van der Waals surface area contributed by atoms with E-state index in [9.17, 15) is 14.4 Å². The van der Waals surface area contributed by atoms with Crippen LogP contribution < -0.4 is 5.32 Å². The predicted octanol–water partition coefficient (Wildman–Crippen LogP) is 4.59. The van der Waals surface area contributed by atoms with Gasteiger partial charge >= 0.3 is 5.97 Å². The largest absolute Gasteiger partial charge is 0.455 e. The van der Waals surface area contributed by atoms with Gasteiger partial charge in [-0.2, -0.15) is 0 Å². The molecular weight excluding hydrogens is 378 g/mol. The topological polar surface area (TPSA) is 72.5 Å². The van der Waals surface area contributed by atoms with Crippen molar-refractivity contribution in [2.75, 3.05) is 11.9 Å². The van der Waals surface area contributed by atoms with Crippen LogP contribution in [0.1, 0.15) is 40.7 Å².